The lowest BCUT2D eigenvalue weighted by Gasteiger charge is -2.17. The molecule has 0 amide bonds. The molecule has 2 unspecified atom stereocenters. The lowest BCUT2D eigenvalue weighted by Crippen LogP contribution is -2.23. The number of para-hydroxylation sites is 1. The Kier molecular flexibility index (Phi) is 2.11. The van der Waals surface area contributed by atoms with E-state index in [2.05, 4.69) is 0 Å². The fraction of sp³-hybridized carbons (Fsp3) is 0.308. The summed E-state index contributed by atoms with van der Waals surface area (Å²) in [5.41, 5.74) is 1.80. The van der Waals surface area contributed by atoms with E-state index in [0.717, 1.165) is 16.7 Å². The van der Waals surface area contributed by atoms with Crippen molar-refractivity contribution >= 4 is 22.6 Å². The molecule has 1 saturated carbocycles. The van der Waals surface area contributed by atoms with Crippen molar-refractivity contribution in [3.8, 4) is 0 Å². The van der Waals surface area contributed by atoms with Crippen LogP contribution in [0.3, 0.4) is 0 Å². The van der Waals surface area contributed by atoms with Gasteiger partial charge in [0.2, 0.25) is 0 Å². The number of aliphatic carboxylic acids is 1. The van der Waals surface area contributed by atoms with Gasteiger partial charge in [-0.15, -0.1) is 0 Å². The predicted octanol–water partition coefficient (Wildman–Crippen LogP) is 2.34. The lowest BCUT2D eigenvalue weighted by atomic mass is 10.2. The molecule has 1 aromatic carbocycles. The highest BCUT2D eigenvalue weighted by molar-refractivity contribution is 5.91. The molecule has 4 heteroatoms. The third-order valence-electron chi connectivity index (χ3n) is 3.41. The van der Waals surface area contributed by atoms with Crippen molar-refractivity contribution in [2.24, 2.45) is 5.92 Å². The van der Waals surface area contributed by atoms with E-state index < -0.39 is 5.97 Å². The molecular formula is C13H13NO3. The van der Waals surface area contributed by atoms with Gasteiger partial charge in [0.25, 0.3) is 0 Å². The molecule has 1 N–H and O–H groups in total. The molecule has 4 nitrogen and oxygen atoms in total. The van der Waals surface area contributed by atoms with E-state index in [9.17, 15) is 4.79 Å². The Labute approximate surface area is 98.4 Å². The zero-order chi connectivity index (χ0) is 12.0. The van der Waals surface area contributed by atoms with Crippen molar-refractivity contribution in [1.29, 1.82) is 0 Å². The molecule has 0 bridgehead atoms. The smallest absolute Gasteiger partial charge is 0.308 e. The number of hydrogen-bond donors (Lipinski definition) is 1. The molecule has 0 spiro atoms. The number of furan rings is 1. The first kappa shape index (κ1) is 10.2. The van der Waals surface area contributed by atoms with E-state index in [1.165, 1.54) is 0 Å². The SMILES string of the molecule is CN(c1coc2ccccc12)C1CC1C(=O)O. The van der Waals surface area contributed by atoms with Gasteiger partial charge < -0.3 is 14.4 Å². The molecule has 1 aromatic heterocycles. The Morgan fingerprint density at radius 2 is 2.24 bits per heavy atom. The second-order valence-electron chi connectivity index (χ2n) is 4.48. The normalized spacial score (nSPS) is 22.6. The summed E-state index contributed by atoms with van der Waals surface area (Å²) in [5.74, 6) is -0.955. The summed E-state index contributed by atoms with van der Waals surface area (Å²) in [6.07, 6.45) is 2.41. The molecule has 0 radical (unpaired) electrons. The molecule has 2 aromatic rings. The Bertz CT molecular complexity index is 575. The van der Waals surface area contributed by atoms with Crippen LogP contribution in [0.2, 0.25) is 0 Å². The number of carboxylic acids is 1. The van der Waals surface area contributed by atoms with Crippen LogP contribution in [0, 0.1) is 5.92 Å². The molecule has 1 aliphatic rings. The Morgan fingerprint density at radius 3 is 2.94 bits per heavy atom. The summed E-state index contributed by atoms with van der Waals surface area (Å²) in [5, 5.41) is 9.97. The number of anilines is 1. The summed E-state index contributed by atoms with van der Waals surface area (Å²) in [7, 11) is 1.92. The largest absolute Gasteiger partial charge is 0.481 e. The van der Waals surface area contributed by atoms with E-state index in [0.29, 0.717) is 6.42 Å². The quantitative estimate of drug-likeness (QED) is 0.880. The average Bonchev–Trinajstić information content (AvgIpc) is 3.02. The van der Waals surface area contributed by atoms with Crippen molar-refractivity contribution in [2.75, 3.05) is 11.9 Å². The molecule has 88 valence electrons. The van der Waals surface area contributed by atoms with Crippen LogP contribution in [0.1, 0.15) is 6.42 Å². The monoisotopic (exact) mass is 231 g/mol. The van der Waals surface area contributed by atoms with Crippen LogP contribution in [-0.2, 0) is 4.79 Å². The Balaban J connectivity index is 1.92. The van der Waals surface area contributed by atoms with E-state index in [1.54, 1.807) is 6.26 Å². The van der Waals surface area contributed by atoms with Gasteiger partial charge in [-0.2, -0.15) is 0 Å². The number of nitrogens with zero attached hydrogens (tertiary/aromatic N) is 1. The fourth-order valence-corrected chi connectivity index (χ4v) is 2.29. The first-order valence-electron chi connectivity index (χ1n) is 5.60. The van der Waals surface area contributed by atoms with Gasteiger partial charge in [-0.3, -0.25) is 4.79 Å². The zero-order valence-electron chi connectivity index (χ0n) is 9.46. The third kappa shape index (κ3) is 1.56. The van der Waals surface area contributed by atoms with Crippen molar-refractivity contribution < 1.29 is 14.3 Å². The van der Waals surface area contributed by atoms with Crippen LogP contribution < -0.4 is 4.90 Å². The van der Waals surface area contributed by atoms with Crippen LogP contribution in [-0.4, -0.2) is 24.2 Å². The summed E-state index contributed by atoms with van der Waals surface area (Å²) in [6, 6.07) is 7.87. The lowest BCUT2D eigenvalue weighted by molar-refractivity contribution is -0.138. The second kappa shape index (κ2) is 3.52. The number of fused-ring (bicyclic) bond motifs is 1. The number of benzene rings is 1. The minimum absolute atomic E-state index is 0.0912. The van der Waals surface area contributed by atoms with Gasteiger partial charge in [0, 0.05) is 18.5 Å². The predicted molar refractivity (Wildman–Crippen MR) is 64.1 cm³/mol. The van der Waals surface area contributed by atoms with Gasteiger partial charge in [0.1, 0.15) is 11.8 Å². The van der Waals surface area contributed by atoms with Crippen LogP contribution in [0.25, 0.3) is 11.0 Å². The van der Waals surface area contributed by atoms with Crippen LogP contribution in [0.15, 0.2) is 34.9 Å². The standard InChI is InChI=1S/C13H13NO3/c1-14(10-6-9(10)13(15)16)11-7-17-12-5-3-2-4-8(11)12/h2-5,7,9-10H,6H2,1H3,(H,15,16). The Morgan fingerprint density at radius 1 is 1.47 bits per heavy atom. The van der Waals surface area contributed by atoms with Crippen molar-refractivity contribution in [2.45, 2.75) is 12.5 Å². The van der Waals surface area contributed by atoms with Crippen molar-refractivity contribution in [3.05, 3.63) is 30.5 Å². The van der Waals surface area contributed by atoms with Gasteiger partial charge in [-0.25, -0.2) is 0 Å². The van der Waals surface area contributed by atoms with E-state index in [-0.39, 0.29) is 12.0 Å². The van der Waals surface area contributed by atoms with Crippen molar-refractivity contribution in [3.63, 3.8) is 0 Å². The van der Waals surface area contributed by atoms with Gasteiger partial charge >= 0.3 is 5.97 Å². The molecule has 0 saturated heterocycles. The summed E-state index contributed by atoms with van der Waals surface area (Å²) < 4.78 is 5.45. The Hall–Kier alpha value is -1.97. The minimum atomic E-state index is -0.713. The van der Waals surface area contributed by atoms with Crippen LogP contribution in [0.4, 0.5) is 5.69 Å². The maximum atomic E-state index is 10.9. The topological polar surface area (TPSA) is 53.7 Å². The van der Waals surface area contributed by atoms with E-state index in [4.69, 9.17) is 9.52 Å². The van der Waals surface area contributed by atoms with Gasteiger partial charge in [0.15, 0.2) is 0 Å². The second-order valence-corrected chi connectivity index (χ2v) is 4.48. The summed E-state index contributed by atoms with van der Waals surface area (Å²) in [4.78, 5) is 12.9. The van der Waals surface area contributed by atoms with Gasteiger partial charge in [-0.05, 0) is 18.6 Å². The summed E-state index contributed by atoms with van der Waals surface area (Å²) in [6.45, 7) is 0. The molecule has 0 aliphatic heterocycles. The first-order chi connectivity index (χ1) is 8.18. The van der Waals surface area contributed by atoms with Gasteiger partial charge in [-0.1, -0.05) is 12.1 Å². The molecule has 1 fully saturated rings. The third-order valence-corrected chi connectivity index (χ3v) is 3.41. The van der Waals surface area contributed by atoms with Crippen LogP contribution >= 0.6 is 0 Å². The highest BCUT2D eigenvalue weighted by Gasteiger charge is 2.46. The number of rotatable bonds is 3. The first-order valence-corrected chi connectivity index (χ1v) is 5.60. The minimum Gasteiger partial charge on any atom is -0.481 e. The van der Waals surface area contributed by atoms with E-state index >= 15 is 0 Å². The fourth-order valence-electron chi connectivity index (χ4n) is 2.29. The highest BCUT2D eigenvalue weighted by atomic mass is 16.4. The molecular weight excluding hydrogens is 218 g/mol. The zero-order valence-corrected chi connectivity index (χ0v) is 9.46. The van der Waals surface area contributed by atoms with Crippen LogP contribution in [0.5, 0.6) is 0 Å². The number of carbonyl (C=O) groups is 1. The van der Waals surface area contributed by atoms with E-state index in [1.807, 2.05) is 36.2 Å². The maximum Gasteiger partial charge on any atom is 0.308 e. The molecule has 1 heterocycles. The molecule has 3 rings (SSSR count). The van der Waals surface area contributed by atoms with Crippen molar-refractivity contribution in [1.82, 2.24) is 0 Å². The molecule has 17 heavy (non-hydrogen) atoms. The average molecular weight is 231 g/mol. The van der Waals surface area contributed by atoms with Gasteiger partial charge in [0.05, 0.1) is 11.6 Å². The molecule has 2 atom stereocenters. The summed E-state index contributed by atoms with van der Waals surface area (Å²) >= 11 is 0. The maximum absolute atomic E-state index is 10.9. The number of hydrogen-bond acceptors (Lipinski definition) is 3. The number of carboxylic acid groups (broad SMARTS) is 1. The molecule has 1 aliphatic carbocycles. The highest BCUT2D eigenvalue weighted by Crippen LogP contribution is 2.40.